The molecule has 0 aromatic carbocycles. The van der Waals surface area contributed by atoms with Crippen molar-refractivity contribution in [3.05, 3.63) is 35.0 Å². The molecule has 14 heavy (non-hydrogen) atoms. The monoisotopic (exact) mass is 192 g/mol. The highest BCUT2D eigenvalue weighted by molar-refractivity contribution is 5.12. The van der Waals surface area contributed by atoms with Gasteiger partial charge >= 0.3 is 0 Å². The maximum atomic E-state index is 10.8. The third-order valence-electron chi connectivity index (χ3n) is 3.02. The molecular weight excluding hydrogens is 178 g/mol. The van der Waals surface area contributed by atoms with Gasteiger partial charge < -0.3 is 0 Å². The second kappa shape index (κ2) is 3.46. The average Bonchev–Trinajstić information content (AvgIpc) is 2.63. The third kappa shape index (κ3) is 1.42. The van der Waals surface area contributed by atoms with E-state index in [1.54, 1.807) is 6.20 Å². The molecule has 0 saturated carbocycles. The number of likely N-dealkylation sites (tertiary alicyclic amines) is 1. The maximum absolute atomic E-state index is 10.8. The van der Waals surface area contributed by atoms with Crippen LogP contribution in [-0.4, -0.2) is 23.2 Å². The van der Waals surface area contributed by atoms with Gasteiger partial charge in [-0.3, -0.25) is 4.98 Å². The number of quaternary nitrogens is 1. The Morgan fingerprint density at radius 2 is 2.50 bits per heavy atom. The number of hydrogen-bond acceptors (Lipinski definition) is 3. The number of aromatic nitrogens is 1. The first-order chi connectivity index (χ1) is 6.76. The summed E-state index contributed by atoms with van der Waals surface area (Å²) in [6.07, 6.45) is 5.66. The minimum atomic E-state index is 0.196. The standard InChI is InChI=1S/C10H14N3O/c1-13(12-14)7-3-5-10(13)9-4-2-6-11-8-9/h2,4,6,8,10H,3,5,7H2,1H3/q+1. The van der Waals surface area contributed by atoms with Crippen LogP contribution in [0.15, 0.2) is 29.8 Å². The summed E-state index contributed by atoms with van der Waals surface area (Å²) in [5, 5.41) is 3.24. The molecule has 1 aromatic rings. The fourth-order valence-electron chi connectivity index (χ4n) is 2.20. The Morgan fingerprint density at radius 3 is 3.14 bits per heavy atom. The molecule has 1 aliphatic heterocycles. The van der Waals surface area contributed by atoms with E-state index in [0.717, 1.165) is 24.9 Å². The van der Waals surface area contributed by atoms with Gasteiger partial charge in [-0.25, -0.2) is 0 Å². The van der Waals surface area contributed by atoms with E-state index in [0.29, 0.717) is 0 Å². The summed E-state index contributed by atoms with van der Waals surface area (Å²) in [6, 6.07) is 4.12. The smallest absolute Gasteiger partial charge is 0.153 e. The first-order valence-corrected chi connectivity index (χ1v) is 4.86. The van der Waals surface area contributed by atoms with Crippen LogP contribution in [0, 0.1) is 4.91 Å². The lowest BCUT2D eigenvalue weighted by Crippen LogP contribution is -2.36. The fraction of sp³-hybridized carbons (Fsp3) is 0.500. The Hall–Kier alpha value is -1.29. The Bertz CT molecular complexity index is 327. The molecule has 0 bridgehead atoms. The Labute approximate surface area is 83.1 Å². The Morgan fingerprint density at radius 1 is 1.64 bits per heavy atom. The van der Waals surface area contributed by atoms with Crippen molar-refractivity contribution in [2.45, 2.75) is 18.9 Å². The highest BCUT2D eigenvalue weighted by atomic mass is 16.3. The number of nitrogens with zero attached hydrogens (tertiary/aromatic N) is 3. The van der Waals surface area contributed by atoms with Crippen LogP contribution in [0.5, 0.6) is 0 Å². The molecule has 1 fully saturated rings. The summed E-state index contributed by atoms with van der Waals surface area (Å²) in [6.45, 7) is 0.836. The SMILES string of the molecule is C[N+]1(N=O)CCCC1c1cccnc1. The quantitative estimate of drug-likeness (QED) is 0.531. The van der Waals surface area contributed by atoms with Crippen molar-refractivity contribution in [1.82, 2.24) is 4.98 Å². The normalized spacial score (nSPS) is 31.6. The van der Waals surface area contributed by atoms with Gasteiger partial charge in [-0.2, -0.15) is 4.59 Å². The Kier molecular flexibility index (Phi) is 2.29. The molecule has 2 atom stereocenters. The summed E-state index contributed by atoms with van der Waals surface area (Å²) < 4.78 is 0.256. The number of nitroso groups, excluding NO2 is 1. The molecule has 0 aliphatic carbocycles. The van der Waals surface area contributed by atoms with Crippen molar-refractivity contribution in [1.29, 1.82) is 0 Å². The lowest BCUT2D eigenvalue weighted by atomic mass is 10.1. The van der Waals surface area contributed by atoms with Gasteiger partial charge in [-0.1, -0.05) is 4.91 Å². The van der Waals surface area contributed by atoms with Gasteiger partial charge in [-0.15, -0.1) is 0 Å². The van der Waals surface area contributed by atoms with Crippen LogP contribution in [0.25, 0.3) is 0 Å². The van der Waals surface area contributed by atoms with Crippen molar-refractivity contribution >= 4 is 0 Å². The van der Waals surface area contributed by atoms with E-state index < -0.39 is 0 Å². The highest BCUT2D eigenvalue weighted by Gasteiger charge is 2.41. The van der Waals surface area contributed by atoms with Crippen molar-refractivity contribution in [2.75, 3.05) is 13.6 Å². The molecule has 4 heteroatoms. The van der Waals surface area contributed by atoms with Crippen molar-refractivity contribution < 1.29 is 4.59 Å². The lowest BCUT2D eigenvalue weighted by molar-refractivity contribution is -0.935. The highest BCUT2D eigenvalue weighted by Crippen LogP contribution is 2.37. The van der Waals surface area contributed by atoms with E-state index >= 15 is 0 Å². The molecule has 0 radical (unpaired) electrons. The van der Waals surface area contributed by atoms with Gasteiger partial charge in [-0.05, 0) is 12.1 Å². The lowest BCUT2D eigenvalue weighted by Gasteiger charge is -2.25. The predicted molar refractivity (Wildman–Crippen MR) is 53.1 cm³/mol. The molecule has 2 heterocycles. The van der Waals surface area contributed by atoms with Crippen molar-refractivity contribution in [2.24, 2.45) is 5.29 Å². The number of hydrogen-bond donors (Lipinski definition) is 0. The molecule has 1 aliphatic rings. The largest absolute Gasteiger partial charge is 0.264 e. The minimum Gasteiger partial charge on any atom is -0.264 e. The van der Waals surface area contributed by atoms with Gasteiger partial charge in [0.25, 0.3) is 0 Å². The number of pyridine rings is 1. The van der Waals surface area contributed by atoms with Crippen LogP contribution in [-0.2, 0) is 0 Å². The summed E-state index contributed by atoms with van der Waals surface area (Å²) >= 11 is 0. The second-order valence-corrected chi connectivity index (χ2v) is 3.96. The minimum absolute atomic E-state index is 0.196. The van der Waals surface area contributed by atoms with Crippen LogP contribution < -0.4 is 0 Å². The van der Waals surface area contributed by atoms with Gasteiger partial charge in [0.2, 0.25) is 0 Å². The van der Waals surface area contributed by atoms with Crippen LogP contribution in [0.2, 0.25) is 0 Å². The van der Waals surface area contributed by atoms with Crippen LogP contribution in [0.3, 0.4) is 0 Å². The zero-order valence-corrected chi connectivity index (χ0v) is 8.26. The fourth-order valence-corrected chi connectivity index (χ4v) is 2.20. The first kappa shape index (κ1) is 9.27. The zero-order chi connectivity index (χ0) is 10.0. The van der Waals surface area contributed by atoms with Crippen molar-refractivity contribution in [3.8, 4) is 0 Å². The summed E-state index contributed by atoms with van der Waals surface area (Å²) in [5.74, 6) is 0. The summed E-state index contributed by atoms with van der Waals surface area (Å²) in [5.41, 5.74) is 1.12. The molecule has 1 aromatic heterocycles. The zero-order valence-electron chi connectivity index (χ0n) is 8.26. The van der Waals surface area contributed by atoms with E-state index in [-0.39, 0.29) is 10.6 Å². The van der Waals surface area contributed by atoms with Gasteiger partial charge in [0.05, 0.1) is 7.05 Å². The molecule has 1 saturated heterocycles. The maximum Gasteiger partial charge on any atom is 0.153 e. The van der Waals surface area contributed by atoms with Gasteiger partial charge in [0.15, 0.2) is 5.29 Å². The van der Waals surface area contributed by atoms with E-state index in [4.69, 9.17) is 0 Å². The molecule has 74 valence electrons. The van der Waals surface area contributed by atoms with E-state index in [2.05, 4.69) is 10.3 Å². The topological polar surface area (TPSA) is 42.3 Å². The third-order valence-corrected chi connectivity index (χ3v) is 3.02. The molecule has 4 nitrogen and oxygen atoms in total. The van der Waals surface area contributed by atoms with Gasteiger partial charge in [0.1, 0.15) is 12.6 Å². The van der Waals surface area contributed by atoms with E-state index in [1.165, 1.54) is 0 Å². The van der Waals surface area contributed by atoms with E-state index in [9.17, 15) is 4.91 Å². The molecule has 2 rings (SSSR count). The summed E-state index contributed by atoms with van der Waals surface area (Å²) in [7, 11) is 1.89. The number of rotatable bonds is 2. The molecular formula is C10H14N3O+. The van der Waals surface area contributed by atoms with Crippen LogP contribution >= 0.6 is 0 Å². The molecule has 2 unspecified atom stereocenters. The second-order valence-electron chi connectivity index (χ2n) is 3.96. The van der Waals surface area contributed by atoms with Crippen molar-refractivity contribution in [3.63, 3.8) is 0 Å². The Balaban J connectivity index is 2.31. The first-order valence-electron chi connectivity index (χ1n) is 4.86. The summed E-state index contributed by atoms with van der Waals surface area (Å²) in [4.78, 5) is 14.9. The van der Waals surface area contributed by atoms with Crippen LogP contribution in [0.4, 0.5) is 0 Å². The average molecular weight is 192 g/mol. The van der Waals surface area contributed by atoms with Crippen LogP contribution in [0.1, 0.15) is 24.4 Å². The molecule has 0 N–H and O–H groups in total. The molecule has 0 spiro atoms. The van der Waals surface area contributed by atoms with Gasteiger partial charge in [0, 0.05) is 30.8 Å². The predicted octanol–water partition coefficient (Wildman–Crippen LogP) is 2.04. The van der Waals surface area contributed by atoms with E-state index in [1.807, 2.05) is 25.4 Å². The molecule has 0 amide bonds.